The maximum Gasteiger partial charge on any atom is 0.358 e. The van der Waals surface area contributed by atoms with Gasteiger partial charge in [-0.05, 0) is 29.1 Å². The highest BCUT2D eigenvalue weighted by molar-refractivity contribution is 9.10. The van der Waals surface area contributed by atoms with Crippen LogP contribution < -0.4 is 0 Å². The number of carbonyl (C=O) groups excluding carboxylic acids is 1. The molecule has 0 atom stereocenters. The molecule has 0 aliphatic rings. The van der Waals surface area contributed by atoms with Gasteiger partial charge in [-0.15, -0.1) is 0 Å². The van der Waals surface area contributed by atoms with Gasteiger partial charge in [0.2, 0.25) is 0 Å². The van der Waals surface area contributed by atoms with Crippen molar-refractivity contribution in [2.24, 2.45) is 0 Å². The van der Waals surface area contributed by atoms with Crippen LogP contribution in [0, 0.1) is 0 Å². The van der Waals surface area contributed by atoms with E-state index in [4.69, 9.17) is 9.72 Å². The summed E-state index contributed by atoms with van der Waals surface area (Å²) < 4.78 is 7.57. The van der Waals surface area contributed by atoms with Crippen molar-refractivity contribution in [3.8, 4) is 11.3 Å². The number of hydrogen-bond donors (Lipinski definition) is 0. The average molecular weight is 392 g/mol. The second kappa shape index (κ2) is 6.72. The molecule has 3 rings (SSSR count). The van der Waals surface area contributed by atoms with Crippen LogP contribution in [0.5, 0.6) is 0 Å². The fourth-order valence-electron chi connectivity index (χ4n) is 2.22. The molecule has 0 spiro atoms. The second-order valence-corrected chi connectivity index (χ2v) is 6.23. The maximum atomic E-state index is 11.9. The van der Waals surface area contributed by atoms with Gasteiger partial charge in [0.15, 0.2) is 16.5 Å². The van der Waals surface area contributed by atoms with Gasteiger partial charge >= 0.3 is 5.97 Å². The minimum atomic E-state index is -0.434. The third-order valence-corrected chi connectivity index (χ3v) is 4.62. The number of fused-ring (bicyclic) bond motifs is 1. The van der Waals surface area contributed by atoms with Crippen LogP contribution in [-0.4, -0.2) is 33.2 Å². The molecular formula is C16H14BrN3O2S. The van der Waals surface area contributed by atoms with E-state index in [9.17, 15) is 4.79 Å². The number of carbonyl (C=O) groups is 1. The molecule has 1 aromatic carbocycles. The Morgan fingerprint density at radius 3 is 2.70 bits per heavy atom. The summed E-state index contributed by atoms with van der Waals surface area (Å²) in [6.45, 7) is 2.09. The summed E-state index contributed by atoms with van der Waals surface area (Å²) in [7, 11) is 0. The highest BCUT2D eigenvalue weighted by Crippen LogP contribution is 2.32. The molecule has 0 amide bonds. The first-order valence-electron chi connectivity index (χ1n) is 7.00. The van der Waals surface area contributed by atoms with Crippen LogP contribution in [0.15, 0.2) is 46.2 Å². The molecule has 2 heterocycles. The van der Waals surface area contributed by atoms with Gasteiger partial charge in [-0.2, -0.15) is 0 Å². The molecule has 0 fully saturated rings. The van der Waals surface area contributed by atoms with Crippen LogP contribution in [0.3, 0.4) is 0 Å². The van der Waals surface area contributed by atoms with Gasteiger partial charge in [0.1, 0.15) is 0 Å². The maximum absolute atomic E-state index is 11.9. The Balaban J connectivity index is 2.22. The van der Waals surface area contributed by atoms with Crippen LogP contribution in [-0.2, 0) is 4.74 Å². The van der Waals surface area contributed by atoms with E-state index < -0.39 is 5.97 Å². The lowest BCUT2D eigenvalue weighted by Crippen LogP contribution is -2.04. The van der Waals surface area contributed by atoms with E-state index in [0.29, 0.717) is 12.3 Å². The molecule has 0 N–H and O–H groups in total. The Morgan fingerprint density at radius 1 is 1.30 bits per heavy atom. The molecule has 0 aliphatic heterocycles. The number of imidazole rings is 1. The Morgan fingerprint density at radius 2 is 2.04 bits per heavy atom. The average Bonchev–Trinajstić information content (AvgIpc) is 3.02. The van der Waals surface area contributed by atoms with E-state index in [1.165, 1.54) is 11.8 Å². The highest BCUT2D eigenvalue weighted by atomic mass is 79.9. The Kier molecular flexibility index (Phi) is 4.68. The third-order valence-electron chi connectivity index (χ3n) is 3.24. The topological polar surface area (TPSA) is 56.5 Å². The molecule has 0 saturated heterocycles. The summed E-state index contributed by atoms with van der Waals surface area (Å²) in [6, 6.07) is 9.86. The van der Waals surface area contributed by atoms with Crippen molar-refractivity contribution in [1.29, 1.82) is 0 Å². The minimum Gasteiger partial charge on any atom is -0.461 e. The van der Waals surface area contributed by atoms with Gasteiger partial charge in [-0.1, -0.05) is 42.1 Å². The van der Waals surface area contributed by atoms with Crippen LogP contribution in [0.2, 0.25) is 0 Å². The molecule has 3 aromatic rings. The highest BCUT2D eigenvalue weighted by Gasteiger charge is 2.19. The molecule has 0 aliphatic carbocycles. The molecule has 0 unspecified atom stereocenters. The van der Waals surface area contributed by atoms with E-state index in [1.807, 2.05) is 36.6 Å². The van der Waals surface area contributed by atoms with E-state index in [-0.39, 0.29) is 5.69 Å². The number of aromatic nitrogens is 3. The monoisotopic (exact) mass is 391 g/mol. The van der Waals surface area contributed by atoms with E-state index in [2.05, 4.69) is 20.9 Å². The predicted molar refractivity (Wildman–Crippen MR) is 93.9 cm³/mol. The largest absolute Gasteiger partial charge is 0.461 e. The van der Waals surface area contributed by atoms with E-state index in [1.54, 1.807) is 17.5 Å². The molecular weight excluding hydrogens is 378 g/mol. The van der Waals surface area contributed by atoms with Gasteiger partial charge in [0.05, 0.1) is 16.8 Å². The second-order valence-electron chi connectivity index (χ2n) is 4.67. The van der Waals surface area contributed by atoms with Crippen molar-refractivity contribution in [3.63, 3.8) is 0 Å². The summed E-state index contributed by atoms with van der Waals surface area (Å²) in [5, 5.41) is 0.755. The normalized spacial score (nSPS) is 10.9. The number of rotatable bonds is 4. The number of ether oxygens (including phenoxy) is 1. The zero-order valence-electron chi connectivity index (χ0n) is 12.6. The van der Waals surface area contributed by atoms with Crippen molar-refractivity contribution in [3.05, 3.63) is 46.7 Å². The van der Waals surface area contributed by atoms with Crippen molar-refractivity contribution in [2.75, 3.05) is 12.9 Å². The number of hydrogen-bond acceptors (Lipinski definition) is 5. The summed E-state index contributed by atoms with van der Waals surface area (Å²) in [5.74, 6) is -0.434. The summed E-state index contributed by atoms with van der Waals surface area (Å²) in [5.41, 5.74) is 2.70. The first-order valence-corrected chi connectivity index (χ1v) is 9.02. The molecule has 0 saturated carbocycles. The van der Waals surface area contributed by atoms with Crippen LogP contribution >= 0.6 is 27.7 Å². The summed E-state index contributed by atoms with van der Waals surface area (Å²) in [6.07, 6.45) is 3.60. The van der Waals surface area contributed by atoms with Gasteiger partial charge in [-0.3, -0.25) is 4.40 Å². The third kappa shape index (κ3) is 2.98. The Hall–Kier alpha value is -1.86. The first kappa shape index (κ1) is 16.0. The zero-order chi connectivity index (χ0) is 16.4. The summed E-state index contributed by atoms with van der Waals surface area (Å²) in [4.78, 5) is 21.0. The molecule has 118 valence electrons. The van der Waals surface area contributed by atoms with Gasteiger partial charge in [0.25, 0.3) is 0 Å². The molecule has 5 nitrogen and oxygen atoms in total. The number of thioether (sulfide) groups is 1. The number of benzene rings is 1. The van der Waals surface area contributed by atoms with Crippen molar-refractivity contribution in [2.45, 2.75) is 12.1 Å². The van der Waals surface area contributed by atoms with Crippen molar-refractivity contribution < 1.29 is 9.53 Å². The molecule has 2 aromatic heterocycles. The first-order chi connectivity index (χ1) is 11.2. The zero-order valence-corrected chi connectivity index (χ0v) is 15.0. The number of nitrogens with zero attached hydrogens (tertiary/aromatic N) is 3. The van der Waals surface area contributed by atoms with Crippen LogP contribution in [0.1, 0.15) is 17.4 Å². The van der Waals surface area contributed by atoms with Crippen LogP contribution in [0.25, 0.3) is 16.9 Å². The van der Waals surface area contributed by atoms with Crippen LogP contribution in [0.4, 0.5) is 0 Å². The van der Waals surface area contributed by atoms with E-state index >= 15 is 0 Å². The Bertz CT molecular complexity index is 865. The van der Waals surface area contributed by atoms with E-state index in [0.717, 1.165) is 20.9 Å². The fraction of sp³-hybridized carbons (Fsp3) is 0.188. The quantitative estimate of drug-likeness (QED) is 0.381. The Labute approximate surface area is 146 Å². The van der Waals surface area contributed by atoms with Gasteiger partial charge in [0, 0.05) is 11.8 Å². The summed E-state index contributed by atoms with van der Waals surface area (Å²) >= 11 is 5.07. The lowest BCUT2D eigenvalue weighted by molar-refractivity contribution is 0.0520. The number of esters is 1. The SMILES string of the molecule is CCOC(=O)c1cn2c(SC)nc(-c3ccccc3)c(Br)c2n1. The minimum absolute atomic E-state index is 0.273. The lowest BCUT2D eigenvalue weighted by atomic mass is 10.1. The number of halogens is 1. The fourth-order valence-corrected chi connectivity index (χ4v) is 3.34. The van der Waals surface area contributed by atoms with Gasteiger partial charge < -0.3 is 4.74 Å². The lowest BCUT2D eigenvalue weighted by Gasteiger charge is -2.08. The molecule has 0 radical (unpaired) electrons. The van der Waals surface area contributed by atoms with Crippen molar-refractivity contribution >= 4 is 39.3 Å². The molecule has 0 bridgehead atoms. The smallest absolute Gasteiger partial charge is 0.358 e. The standard InChI is InChI=1S/C16H14BrN3O2S/c1-3-22-15(21)11-9-20-14(18-11)12(17)13(19-16(20)23-2)10-7-5-4-6-8-10/h4-9H,3H2,1-2H3. The molecule has 7 heteroatoms. The predicted octanol–water partition coefficient (Wildman–Crippen LogP) is 4.06. The molecule has 23 heavy (non-hydrogen) atoms. The van der Waals surface area contributed by atoms with Crippen molar-refractivity contribution in [1.82, 2.24) is 14.4 Å². The van der Waals surface area contributed by atoms with Gasteiger partial charge in [-0.25, -0.2) is 14.8 Å².